The smallest absolute Gasteiger partial charge is 1.00 e. The first kappa shape index (κ1) is 95.2. The van der Waals surface area contributed by atoms with E-state index in [1.54, 1.807) is 19.1 Å². The predicted octanol–water partition coefficient (Wildman–Crippen LogP) is 8.21. The van der Waals surface area contributed by atoms with Crippen molar-refractivity contribution in [1.82, 2.24) is 0 Å². The summed E-state index contributed by atoms with van der Waals surface area (Å²) in [7, 11) is -8.49. The van der Waals surface area contributed by atoms with Gasteiger partial charge in [-0.3, -0.25) is 9.59 Å². The molecule has 0 spiro atoms. The number of alkyl halides is 3. The van der Waals surface area contributed by atoms with Crippen molar-refractivity contribution in [2.75, 3.05) is 89.9 Å². The first-order valence-corrected chi connectivity index (χ1v) is 50.3. The number of halogens is 3. The quantitative estimate of drug-likeness (QED) is 0.0195. The van der Waals surface area contributed by atoms with Crippen LogP contribution >= 0.6 is 0 Å². The molecule has 10 aliphatic rings. The Balaban J connectivity index is 0.000000147. The zero-order valence-electron chi connectivity index (χ0n) is 73.0. The molecule has 5 aromatic carbocycles. The number of aryl methyl sites for hydroxylation is 10. The number of Topliss-reactive ketones (excluding diaryl/α,β-unsaturated/α-hetero) is 1. The molecule has 31 heteroatoms. The number of ketones is 1. The molecule has 10 aliphatic heterocycles. The van der Waals surface area contributed by atoms with Crippen LogP contribution in [0.5, 0.6) is 5.75 Å². The average Bonchev–Trinajstić information content (AvgIpc) is 0.742. The molecule has 642 valence electrons. The summed E-state index contributed by atoms with van der Waals surface area (Å²) in [5, 5.41) is 22.1. The Morgan fingerprint density at radius 3 is 1.10 bits per heavy atom. The third kappa shape index (κ3) is 20.6. The zero-order chi connectivity index (χ0) is 87.0. The molecule has 15 heterocycles. The number of aliphatic hydroxyl groups excluding tert-OH is 1. The van der Waals surface area contributed by atoms with Gasteiger partial charge in [0.1, 0.15) is 44.1 Å². The number of carbonyl (C=O) groups excluding carboxylic acids is 2. The molecule has 0 saturated heterocycles. The summed E-state index contributed by atoms with van der Waals surface area (Å²) >= 11 is 0. The summed E-state index contributed by atoms with van der Waals surface area (Å²) in [6.07, 6.45) is 30.2. The second-order valence-corrected chi connectivity index (χ2v) is 45.6. The van der Waals surface area contributed by atoms with E-state index in [-0.39, 0.29) is 144 Å². The molecule has 23 nitrogen and oxygen atoms in total. The number of rotatable bonds is 5. The van der Waals surface area contributed by atoms with Crippen LogP contribution in [-0.4, -0.2) is 113 Å². The summed E-state index contributed by atoms with van der Waals surface area (Å²) in [6, 6.07) is 16.5. The van der Waals surface area contributed by atoms with E-state index in [0.717, 1.165) is 222 Å². The predicted molar refractivity (Wildman–Crippen MR) is 472 cm³/mol. The van der Waals surface area contributed by atoms with Crippen LogP contribution in [-0.2, 0) is 84.0 Å². The Hall–Kier alpha value is -7.86. The number of fused-ring (bicyclic) bond motifs is 10. The van der Waals surface area contributed by atoms with Gasteiger partial charge in [0.15, 0.2) is 11.5 Å². The summed E-state index contributed by atoms with van der Waals surface area (Å²) < 4.78 is 92.5. The number of terminal acetylenes is 2. The van der Waals surface area contributed by atoms with Gasteiger partial charge in [-0.1, -0.05) is 51.1 Å². The molecule has 0 amide bonds. The largest absolute Gasteiger partial charge is 1.00 e. The van der Waals surface area contributed by atoms with Gasteiger partial charge in [0, 0.05) is 184 Å². The number of hydrogen-bond acceptors (Lipinski definition) is 23. The molecule has 0 bridgehead atoms. The van der Waals surface area contributed by atoms with E-state index in [9.17, 15) is 55.5 Å². The second-order valence-electron chi connectivity index (χ2n) is 34.5. The topological polar surface area (TPSA) is 297 Å². The van der Waals surface area contributed by atoms with Crippen molar-refractivity contribution >= 4 is 122 Å². The van der Waals surface area contributed by atoms with Crippen molar-refractivity contribution in [3.8, 4) is 41.5 Å². The molecule has 0 fully saturated rings. The van der Waals surface area contributed by atoms with E-state index in [0.29, 0.717) is 52.3 Å². The number of hydrogen-bond donors (Lipinski definition) is 1. The van der Waals surface area contributed by atoms with Gasteiger partial charge < -0.3 is 67.4 Å². The first-order chi connectivity index (χ1) is 58.1. The molecule has 1 N–H and O–H groups in total. The van der Waals surface area contributed by atoms with E-state index in [1.807, 2.05) is 0 Å². The minimum absolute atomic E-state index is 0. The van der Waals surface area contributed by atoms with E-state index >= 15 is 0 Å². The van der Waals surface area contributed by atoms with Gasteiger partial charge >= 0.3 is 147 Å². The molecule has 1 unspecified atom stereocenters. The Labute approximate surface area is 805 Å². The van der Waals surface area contributed by atoms with E-state index < -0.39 is 54.9 Å². The van der Waals surface area contributed by atoms with E-state index in [4.69, 9.17) is 45.0 Å². The normalized spacial score (nSPS) is 16.2. The maximum Gasteiger partial charge on any atom is 1.00 e. The number of anilines is 5. The van der Waals surface area contributed by atoms with Crippen LogP contribution < -0.4 is 165 Å². The number of nitrogens with zero attached hydrogens (tertiary/aromatic N) is 5. The minimum Gasteiger partial charge on any atom is -1.00 e. The van der Waals surface area contributed by atoms with Crippen LogP contribution in [0.4, 0.5) is 41.6 Å². The fraction of sp³-hybridized carbons (Fsp3) is 0.430. The molecular formula is C93H100F3K2N5O18SSi2. The van der Waals surface area contributed by atoms with Crippen molar-refractivity contribution in [1.29, 1.82) is 0 Å². The Morgan fingerprint density at radius 1 is 0.484 bits per heavy atom. The Morgan fingerprint density at radius 2 is 0.774 bits per heavy atom. The van der Waals surface area contributed by atoms with Crippen LogP contribution in [0.2, 0.25) is 39.3 Å². The molecule has 5 aromatic heterocycles. The third-order valence-corrected chi connectivity index (χ3v) is 26.4. The van der Waals surface area contributed by atoms with Crippen LogP contribution in [0.1, 0.15) is 168 Å². The second kappa shape index (κ2) is 39.8. The molecule has 0 radical (unpaired) electrons. The van der Waals surface area contributed by atoms with Crippen molar-refractivity contribution in [3.05, 3.63) is 191 Å². The monoisotopic (exact) mass is 1800 g/mol. The fourth-order valence-corrected chi connectivity index (χ4v) is 19.7. The summed E-state index contributed by atoms with van der Waals surface area (Å²) in [5.74, 6) is 5.18. The summed E-state index contributed by atoms with van der Waals surface area (Å²) in [4.78, 5) is 94.4. The molecule has 0 saturated carbocycles. The maximum absolute atomic E-state index is 12.7. The Kier molecular flexibility index (Phi) is 30.6. The van der Waals surface area contributed by atoms with Gasteiger partial charge in [0.25, 0.3) is 6.47 Å². The average molecular weight is 1800 g/mol. The third-order valence-electron chi connectivity index (χ3n) is 23.6. The SMILES string of the molecule is C#C[Si](C)(C)C.C#Cc1cc(=O)oc2c3c4c(cc12)CCCN4CCC3.CC(=O)c1cc(=O)oc2c3c4c(cc12)CCCN4CCC3.CC(O)c1cc(=O)oc2c3c4c(cc12)CCCN4CCC3.C[Si](C)(C)C#Cc1cc(=O)oc2c3c4c(cc12)CCCN4CCC3.O=CO[O-].O=c1cc(OS(=O)(=O)C(F)(F)F)c2cc3c4c(c2o1)CCCN4CCC3.[H-].[K+].[K+]. The van der Waals surface area contributed by atoms with Crippen molar-refractivity contribution in [2.24, 2.45) is 0 Å². The standard InChI is InChI=1S/C20H23NO2Si.C17H19NO3.C17H17NO3.C17H15NO2.C16H14F3NO5S.C5H10Si.CH2O3.2K.H/c1-24(2,3)11-8-14-13-18(22)23-20-16-7-5-10-21-9-4-6-15(19(16)21)12-17(14)20;2*1-10(19)13-9-15(20)21-17-12-5-3-7-18-6-2-4-11(16(12)18)8-14(13)17;1-2-11-10-15(19)20-17-13-6-4-8-18-7-3-5-12(16(13)18)9-14(11)17;17-16(18,19)26(22,23)25-12-8-13(21)24-15-10-4-2-6-20-5-1-3-9(14(10)20)7-11(12)15;1-5-6(2,3)4;2-1-4-3;;;/h12-13H,4-7,9-10H2,1-3H3;8-10,19H,2-7H2,1H3;8-9H,2-7H2,1H3;1,9-10H,3-8H2;7-8H,1-6H2;1H,2-4H3;1,3H;;;/q;;;;;;;2*+1;-1/p-1. The van der Waals surface area contributed by atoms with Gasteiger partial charge in [-0.05, 0) is 206 Å². The Bertz CT molecular complexity index is 6460. The molecule has 124 heavy (non-hydrogen) atoms. The zero-order valence-corrected chi connectivity index (χ0v) is 81.0. The number of carbonyl (C=O) groups is 2. The van der Waals surface area contributed by atoms with Crippen LogP contribution in [0.25, 0.3) is 54.8 Å². The van der Waals surface area contributed by atoms with Gasteiger partial charge in [-0.25, -0.2) is 24.0 Å². The fourth-order valence-electron chi connectivity index (χ4n) is 18.7. The van der Waals surface area contributed by atoms with Crippen molar-refractivity contribution in [3.63, 3.8) is 0 Å². The molecular weight excluding hydrogens is 1700 g/mol. The van der Waals surface area contributed by atoms with Gasteiger partial charge in [0.2, 0.25) is 0 Å². The number of benzene rings is 5. The molecule has 10 aromatic rings. The van der Waals surface area contributed by atoms with Crippen molar-refractivity contribution in [2.45, 2.75) is 193 Å². The van der Waals surface area contributed by atoms with E-state index in [1.165, 1.54) is 101 Å². The molecule has 0 aliphatic carbocycles. The maximum atomic E-state index is 12.7. The van der Waals surface area contributed by atoms with Crippen LogP contribution in [0, 0.1) is 35.8 Å². The minimum atomic E-state index is -5.89. The van der Waals surface area contributed by atoms with Crippen LogP contribution in [0.15, 0.2) is 107 Å². The summed E-state index contributed by atoms with van der Waals surface area (Å²) in [5.41, 5.74) is 21.4. The molecule has 20 rings (SSSR count). The van der Waals surface area contributed by atoms with Gasteiger partial charge in [0.05, 0.1) is 17.6 Å². The van der Waals surface area contributed by atoms with Crippen LogP contribution in [0.3, 0.4) is 0 Å². The number of aliphatic hydroxyl groups is 1. The van der Waals surface area contributed by atoms with Gasteiger partial charge in [-0.2, -0.15) is 21.6 Å². The van der Waals surface area contributed by atoms with Crippen molar-refractivity contribution < 1.29 is 177 Å². The summed E-state index contributed by atoms with van der Waals surface area (Å²) in [6.45, 7) is 26.6. The molecule has 1 atom stereocenters. The van der Waals surface area contributed by atoms with Gasteiger partial charge in [-0.15, -0.1) is 23.9 Å². The first-order valence-electron chi connectivity index (χ1n) is 41.9. The van der Waals surface area contributed by atoms with E-state index in [2.05, 4.69) is 120 Å².